The molecule has 152 valence electrons. The van der Waals surface area contributed by atoms with Crippen molar-refractivity contribution >= 4 is 45.6 Å². The van der Waals surface area contributed by atoms with Gasteiger partial charge in [-0.05, 0) is 41.8 Å². The fourth-order valence-electron chi connectivity index (χ4n) is 3.48. The first-order valence-corrected chi connectivity index (χ1v) is 11.8. The van der Waals surface area contributed by atoms with E-state index in [1.807, 2.05) is 30.3 Å². The lowest BCUT2D eigenvalue weighted by molar-refractivity contribution is -0.113. The number of fused-ring (bicyclic) bond motifs is 1. The van der Waals surface area contributed by atoms with Crippen LogP contribution in [0.4, 0.5) is 5.00 Å². The number of rotatable bonds is 6. The maximum absolute atomic E-state index is 12.5. The lowest BCUT2D eigenvalue weighted by Crippen LogP contribution is -2.29. The minimum atomic E-state index is -0.105. The van der Waals surface area contributed by atoms with Gasteiger partial charge in [-0.1, -0.05) is 41.9 Å². The third-order valence-corrected chi connectivity index (χ3v) is 7.33. The molecule has 4 rings (SSSR count). The number of anilines is 1. The number of hydrogen-bond acceptors (Lipinski definition) is 5. The third kappa shape index (κ3) is 5.05. The average molecular weight is 454 g/mol. The van der Waals surface area contributed by atoms with Crippen LogP contribution in [-0.2, 0) is 24.3 Å². The van der Waals surface area contributed by atoms with Crippen molar-refractivity contribution in [1.29, 1.82) is 5.26 Å². The maximum Gasteiger partial charge on any atom is 0.235 e. The highest BCUT2D eigenvalue weighted by Crippen LogP contribution is 2.37. The van der Waals surface area contributed by atoms with Crippen LogP contribution in [-0.4, -0.2) is 23.1 Å². The highest BCUT2D eigenvalue weighted by molar-refractivity contribution is 8.00. The van der Waals surface area contributed by atoms with Gasteiger partial charge in [0, 0.05) is 34.4 Å². The first-order valence-electron chi connectivity index (χ1n) is 9.61. The van der Waals surface area contributed by atoms with Gasteiger partial charge in [0.2, 0.25) is 5.91 Å². The van der Waals surface area contributed by atoms with Crippen molar-refractivity contribution < 1.29 is 4.79 Å². The molecule has 0 radical (unpaired) electrons. The van der Waals surface area contributed by atoms with Crippen LogP contribution in [0.3, 0.4) is 0 Å². The van der Waals surface area contributed by atoms with E-state index in [1.54, 1.807) is 0 Å². The molecule has 0 spiro atoms. The van der Waals surface area contributed by atoms with Crippen LogP contribution in [0.1, 0.15) is 21.6 Å². The molecular weight excluding hydrogens is 434 g/mol. The van der Waals surface area contributed by atoms with Gasteiger partial charge in [0.25, 0.3) is 0 Å². The monoisotopic (exact) mass is 453 g/mol. The molecule has 0 fully saturated rings. The summed E-state index contributed by atoms with van der Waals surface area (Å²) in [5.74, 6) is 0.182. The van der Waals surface area contributed by atoms with Crippen molar-refractivity contribution in [3.8, 4) is 6.07 Å². The second-order valence-corrected chi connectivity index (χ2v) is 9.65. The van der Waals surface area contributed by atoms with Crippen molar-refractivity contribution in [3.63, 3.8) is 0 Å². The number of benzene rings is 2. The van der Waals surface area contributed by atoms with E-state index in [0.29, 0.717) is 15.6 Å². The highest BCUT2D eigenvalue weighted by Gasteiger charge is 2.25. The summed E-state index contributed by atoms with van der Waals surface area (Å²) in [6, 6.07) is 20.1. The number of hydrogen-bond donors (Lipinski definition) is 1. The van der Waals surface area contributed by atoms with Crippen molar-refractivity contribution in [2.24, 2.45) is 0 Å². The first kappa shape index (κ1) is 21.0. The number of nitriles is 1. The molecule has 0 saturated heterocycles. The second-order valence-electron chi connectivity index (χ2n) is 7.06. The van der Waals surface area contributed by atoms with E-state index in [9.17, 15) is 10.1 Å². The van der Waals surface area contributed by atoms with E-state index < -0.39 is 0 Å². The summed E-state index contributed by atoms with van der Waals surface area (Å²) in [5.41, 5.74) is 3.00. The molecular formula is C23H20ClN3OS2. The summed E-state index contributed by atoms with van der Waals surface area (Å²) in [5, 5.41) is 14.0. The van der Waals surface area contributed by atoms with Gasteiger partial charge >= 0.3 is 0 Å². The summed E-state index contributed by atoms with van der Waals surface area (Å²) in [6.45, 7) is 2.60. The van der Waals surface area contributed by atoms with Gasteiger partial charge in [0.1, 0.15) is 11.1 Å². The first-order chi connectivity index (χ1) is 14.6. The SMILES string of the molecule is N#Cc1c(NC(=O)CSc2ccc(Cl)cc2)sc2c1CCN(Cc1ccccc1)C2. The zero-order valence-corrected chi connectivity index (χ0v) is 18.6. The maximum atomic E-state index is 12.5. The van der Waals surface area contributed by atoms with E-state index in [-0.39, 0.29) is 11.7 Å². The molecule has 3 aromatic rings. The number of nitrogens with one attached hydrogen (secondary N) is 1. The molecule has 1 aliphatic rings. The molecule has 0 aliphatic carbocycles. The molecule has 1 N–H and O–H groups in total. The Morgan fingerprint density at radius 3 is 2.70 bits per heavy atom. The Morgan fingerprint density at radius 2 is 1.97 bits per heavy atom. The number of amides is 1. The van der Waals surface area contributed by atoms with E-state index >= 15 is 0 Å². The van der Waals surface area contributed by atoms with E-state index in [1.165, 1.54) is 33.5 Å². The number of thiophene rings is 1. The number of carbonyl (C=O) groups is 1. The molecule has 0 atom stereocenters. The molecule has 7 heteroatoms. The van der Waals surface area contributed by atoms with Gasteiger partial charge in [-0.2, -0.15) is 5.26 Å². The van der Waals surface area contributed by atoms with Crippen LogP contribution < -0.4 is 5.32 Å². The second kappa shape index (κ2) is 9.67. The van der Waals surface area contributed by atoms with E-state index in [4.69, 9.17) is 11.6 Å². The Morgan fingerprint density at radius 1 is 1.20 bits per heavy atom. The van der Waals surface area contributed by atoms with Crippen molar-refractivity contribution in [2.45, 2.75) is 24.4 Å². The number of halogens is 1. The molecule has 1 amide bonds. The highest BCUT2D eigenvalue weighted by atomic mass is 35.5. The normalized spacial score (nSPS) is 13.5. The minimum absolute atomic E-state index is 0.105. The summed E-state index contributed by atoms with van der Waals surface area (Å²) < 4.78 is 0. The van der Waals surface area contributed by atoms with Gasteiger partial charge in [-0.15, -0.1) is 23.1 Å². The Hall–Kier alpha value is -2.30. The predicted octanol–water partition coefficient (Wildman–Crippen LogP) is 5.56. The van der Waals surface area contributed by atoms with Crippen LogP contribution in [0.15, 0.2) is 59.5 Å². The molecule has 2 aromatic carbocycles. The largest absolute Gasteiger partial charge is 0.316 e. The fourth-order valence-corrected chi connectivity index (χ4v) is 5.56. The Balaban J connectivity index is 1.40. The minimum Gasteiger partial charge on any atom is -0.316 e. The summed E-state index contributed by atoms with van der Waals surface area (Å²) in [7, 11) is 0. The van der Waals surface area contributed by atoms with Crippen LogP contribution in [0.5, 0.6) is 0 Å². The van der Waals surface area contributed by atoms with Gasteiger partial charge in [0.05, 0.1) is 11.3 Å². The summed E-state index contributed by atoms with van der Waals surface area (Å²) in [6.07, 6.45) is 0.830. The standard InChI is InChI=1S/C23H20ClN3OS2/c24-17-6-8-18(9-7-17)29-15-22(28)26-23-20(12-25)19-10-11-27(14-21(19)30-23)13-16-4-2-1-3-5-16/h1-9H,10-11,13-15H2,(H,26,28). The molecule has 0 saturated carbocycles. The van der Waals surface area contributed by atoms with Gasteiger partial charge in [-0.3, -0.25) is 9.69 Å². The molecule has 4 nitrogen and oxygen atoms in total. The lowest BCUT2D eigenvalue weighted by Gasteiger charge is -2.26. The fraction of sp³-hybridized carbons (Fsp3) is 0.217. The predicted molar refractivity (Wildman–Crippen MR) is 124 cm³/mol. The van der Waals surface area contributed by atoms with Crippen molar-refractivity contribution in [2.75, 3.05) is 17.6 Å². The van der Waals surface area contributed by atoms with Crippen molar-refractivity contribution in [1.82, 2.24) is 4.90 Å². The third-order valence-electron chi connectivity index (χ3n) is 4.93. The number of carbonyl (C=O) groups excluding carboxylic acids is 1. The van der Waals surface area contributed by atoms with Crippen molar-refractivity contribution in [3.05, 3.63) is 81.2 Å². The van der Waals surface area contributed by atoms with Gasteiger partial charge < -0.3 is 5.32 Å². The molecule has 0 bridgehead atoms. The topological polar surface area (TPSA) is 56.1 Å². The lowest BCUT2D eigenvalue weighted by atomic mass is 10.0. The Kier molecular flexibility index (Phi) is 6.76. The Bertz CT molecular complexity index is 1070. The van der Waals surface area contributed by atoms with Crippen LogP contribution in [0.2, 0.25) is 5.02 Å². The van der Waals surface area contributed by atoms with Crippen LogP contribution in [0.25, 0.3) is 0 Å². The zero-order chi connectivity index (χ0) is 20.9. The van der Waals surface area contributed by atoms with E-state index in [2.05, 4.69) is 40.6 Å². The molecule has 30 heavy (non-hydrogen) atoms. The molecule has 0 unspecified atom stereocenters. The van der Waals surface area contributed by atoms with Crippen LogP contribution >= 0.6 is 34.7 Å². The zero-order valence-electron chi connectivity index (χ0n) is 16.2. The van der Waals surface area contributed by atoms with Crippen LogP contribution in [0, 0.1) is 11.3 Å². The van der Waals surface area contributed by atoms with Gasteiger partial charge in [-0.25, -0.2) is 0 Å². The summed E-state index contributed by atoms with van der Waals surface area (Å²) >= 11 is 8.88. The quantitative estimate of drug-likeness (QED) is 0.496. The average Bonchev–Trinajstić information content (AvgIpc) is 3.10. The molecule has 2 heterocycles. The molecule has 1 aromatic heterocycles. The number of thioether (sulfide) groups is 1. The summed E-state index contributed by atoms with van der Waals surface area (Å²) in [4.78, 5) is 17.0. The molecule has 1 aliphatic heterocycles. The smallest absolute Gasteiger partial charge is 0.235 e. The Labute approximate surface area is 189 Å². The number of nitrogens with zero attached hydrogens (tertiary/aromatic N) is 2. The van der Waals surface area contributed by atoms with E-state index in [0.717, 1.165) is 36.5 Å². The van der Waals surface area contributed by atoms with Gasteiger partial charge in [0.15, 0.2) is 0 Å².